The molecule has 3 rings (SSSR count). The topological polar surface area (TPSA) is 51.2 Å². The summed E-state index contributed by atoms with van der Waals surface area (Å²) in [6.45, 7) is 4.47. The molecule has 0 aliphatic heterocycles. The summed E-state index contributed by atoms with van der Waals surface area (Å²) in [5.74, 6) is -2.21. The van der Waals surface area contributed by atoms with E-state index in [0.29, 0.717) is 23.0 Å². The van der Waals surface area contributed by atoms with E-state index < -0.39 is 17.5 Å². The molecule has 1 amide bonds. The molecule has 4 nitrogen and oxygen atoms in total. The minimum Gasteiger partial charge on any atom is -0.489 e. The molecule has 29 heavy (non-hydrogen) atoms. The van der Waals surface area contributed by atoms with Gasteiger partial charge < -0.3 is 10.1 Å². The second-order valence-electron chi connectivity index (χ2n) is 6.82. The van der Waals surface area contributed by atoms with Crippen LogP contribution < -0.4 is 10.1 Å². The van der Waals surface area contributed by atoms with Crippen molar-refractivity contribution in [3.63, 3.8) is 0 Å². The van der Waals surface area contributed by atoms with E-state index in [1.54, 1.807) is 11.4 Å². The summed E-state index contributed by atoms with van der Waals surface area (Å²) in [5.41, 5.74) is 0.909. The second-order valence-corrected chi connectivity index (χ2v) is 7.68. The first-order chi connectivity index (χ1) is 13.8. The molecule has 0 fully saturated rings. The number of rotatable bonds is 7. The number of nitrogens with zero attached hydrogens (tertiary/aromatic N) is 1. The Balaban J connectivity index is 1.68. The van der Waals surface area contributed by atoms with E-state index in [1.807, 2.05) is 13.8 Å². The molecule has 152 valence electrons. The molecule has 0 bridgehead atoms. The van der Waals surface area contributed by atoms with Crippen molar-refractivity contribution in [2.75, 3.05) is 6.54 Å². The maximum Gasteiger partial charge on any atom is 0.270 e. The zero-order valence-corrected chi connectivity index (χ0v) is 16.7. The first-order valence-electron chi connectivity index (χ1n) is 8.94. The van der Waals surface area contributed by atoms with Gasteiger partial charge in [0.15, 0.2) is 11.6 Å². The molecule has 0 radical (unpaired) electrons. The Morgan fingerprint density at radius 3 is 2.59 bits per heavy atom. The van der Waals surface area contributed by atoms with Gasteiger partial charge in [-0.3, -0.25) is 4.79 Å². The Labute approximate surface area is 170 Å². The lowest BCUT2D eigenvalue weighted by Gasteiger charge is -2.08. The Bertz CT molecular complexity index is 1020. The average Bonchev–Trinajstić information content (AvgIpc) is 3.17. The van der Waals surface area contributed by atoms with Crippen LogP contribution in [0, 0.1) is 23.4 Å². The van der Waals surface area contributed by atoms with Crippen LogP contribution in [0.1, 0.15) is 29.9 Å². The van der Waals surface area contributed by atoms with Crippen molar-refractivity contribution in [1.82, 2.24) is 10.3 Å². The molecule has 1 aromatic heterocycles. The van der Waals surface area contributed by atoms with Gasteiger partial charge in [-0.2, -0.15) is 0 Å². The highest BCUT2D eigenvalue weighted by Crippen LogP contribution is 2.29. The molecule has 3 aromatic rings. The van der Waals surface area contributed by atoms with Crippen LogP contribution in [0.25, 0.3) is 10.6 Å². The van der Waals surface area contributed by atoms with E-state index in [0.717, 1.165) is 12.1 Å². The largest absolute Gasteiger partial charge is 0.489 e. The van der Waals surface area contributed by atoms with Crippen LogP contribution in [-0.2, 0) is 6.61 Å². The predicted octanol–water partition coefficient (Wildman–Crippen LogP) is 5.19. The second kappa shape index (κ2) is 9.09. The maximum absolute atomic E-state index is 14.5. The molecule has 2 aromatic carbocycles. The first kappa shape index (κ1) is 20.9. The number of carbonyl (C=O) groups is 1. The number of amides is 1. The number of benzene rings is 2. The van der Waals surface area contributed by atoms with Gasteiger partial charge in [0.05, 0.1) is 0 Å². The molecule has 0 saturated heterocycles. The van der Waals surface area contributed by atoms with Crippen LogP contribution in [0.5, 0.6) is 5.75 Å². The Morgan fingerprint density at radius 2 is 1.90 bits per heavy atom. The van der Waals surface area contributed by atoms with Gasteiger partial charge in [0.1, 0.15) is 28.9 Å². The van der Waals surface area contributed by atoms with E-state index >= 15 is 0 Å². The molecule has 8 heteroatoms. The fourth-order valence-electron chi connectivity index (χ4n) is 2.44. The Morgan fingerprint density at radius 1 is 1.10 bits per heavy atom. The zero-order valence-electron chi connectivity index (χ0n) is 15.8. The highest BCUT2D eigenvalue weighted by molar-refractivity contribution is 7.13. The number of halogens is 3. The number of hydrogen-bond acceptors (Lipinski definition) is 4. The molecular formula is C21H19F3N2O2S. The fraction of sp³-hybridized carbons (Fsp3) is 0.238. The van der Waals surface area contributed by atoms with E-state index in [9.17, 15) is 18.0 Å². The van der Waals surface area contributed by atoms with Gasteiger partial charge in [0, 0.05) is 23.6 Å². The quantitative estimate of drug-likeness (QED) is 0.572. The highest BCUT2D eigenvalue weighted by Gasteiger charge is 2.15. The van der Waals surface area contributed by atoms with Gasteiger partial charge in [0.25, 0.3) is 5.91 Å². The zero-order chi connectivity index (χ0) is 21.0. The van der Waals surface area contributed by atoms with Gasteiger partial charge in [-0.1, -0.05) is 19.9 Å². The lowest BCUT2D eigenvalue weighted by molar-refractivity contribution is 0.0945. The molecular weight excluding hydrogens is 401 g/mol. The Kier molecular flexibility index (Phi) is 6.53. The number of carbonyl (C=O) groups excluding carboxylic acids is 1. The van der Waals surface area contributed by atoms with Crippen LogP contribution in [0.3, 0.4) is 0 Å². The van der Waals surface area contributed by atoms with Crippen molar-refractivity contribution >= 4 is 17.2 Å². The minimum atomic E-state index is -0.968. The highest BCUT2D eigenvalue weighted by atomic mass is 32.1. The van der Waals surface area contributed by atoms with E-state index in [-0.39, 0.29) is 29.5 Å². The van der Waals surface area contributed by atoms with Crippen molar-refractivity contribution in [3.05, 3.63) is 70.5 Å². The first-order valence-corrected chi connectivity index (χ1v) is 9.82. The summed E-state index contributed by atoms with van der Waals surface area (Å²) in [6.07, 6.45) is 0. The third kappa shape index (κ3) is 5.35. The molecule has 0 atom stereocenters. The number of ether oxygens (including phenoxy) is 1. The molecule has 0 aliphatic rings. The average molecular weight is 420 g/mol. The van der Waals surface area contributed by atoms with Gasteiger partial charge in [-0.15, -0.1) is 11.3 Å². The summed E-state index contributed by atoms with van der Waals surface area (Å²) in [5, 5.41) is 4.73. The van der Waals surface area contributed by atoms with Crippen molar-refractivity contribution in [2.45, 2.75) is 20.5 Å². The number of aromatic nitrogens is 1. The molecule has 1 N–H and O–H groups in total. The standard InChI is InChI=1S/C21H19F3N2O2S/c1-12(2)9-25-20(27)19-11-29-21(26-19)15-5-4-14(8-17(15)23)28-10-13-3-6-16(22)18(24)7-13/h3-8,11-12H,9-10H2,1-2H3,(H,25,27). The summed E-state index contributed by atoms with van der Waals surface area (Å²) < 4.78 is 46.2. The predicted molar refractivity (Wildman–Crippen MR) is 105 cm³/mol. The molecule has 0 spiro atoms. The summed E-state index contributed by atoms with van der Waals surface area (Å²) in [7, 11) is 0. The Hall–Kier alpha value is -2.87. The maximum atomic E-state index is 14.5. The van der Waals surface area contributed by atoms with Gasteiger partial charge in [-0.25, -0.2) is 18.2 Å². The van der Waals surface area contributed by atoms with Crippen LogP contribution in [0.4, 0.5) is 13.2 Å². The summed E-state index contributed by atoms with van der Waals surface area (Å²) >= 11 is 1.17. The van der Waals surface area contributed by atoms with Crippen LogP contribution in [0.15, 0.2) is 41.8 Å². The summed E-state index contributed by atoms with van der Waals surface area (Å²) in [6, 6.07) is 7.68. The lowest BCUT2D eigenvalue weighted by Crippen LogP contribution is -2.27. The monoisotopic (exact) mass is 420 g/mol. The summed E-state index contributed by atoms with van der Waals surface area (Å²) in [4.78, 5) is 16.3. The van der Waals surface area contributed by atoms with Crippen molar-refractivity contribution in [3.8, 4) is 16.3 Å². The van der Waals surface area contributed by atoms with Gasteiger partial charge in [0.2, 0.25) is 0 Å². The molecule has 0 aliphatic carbocycles. The van der Waals surface area contributed by atoms with Crippen LogP contribution in [-0.4, -0.2) is 17.4 Å². The van der Waals surface area contributed by atoms with Gasteiger partial charge in [-0.05, 0) is 35.7 Å². The van der Waals surface area contributed by atoms with Crippen molar-refractivity contribution < 1.29 is 22.7 Å². The molecule has 1 heterocycles. The minimum absolute atomic E-state index is 0.0343. The van der Waals surface area contributed by atoms with Crippen LogP contribution >= 0.6 is 11.3 Å². The SMILES string of the molecule is CC(C)CNC(=O)c1csc(-c2ccc(OCc3ccc(F)c(F)c3)cc2F)n1. The van der Waals surface area contributed by atoms with Crippen molar-refractivity contribution in [1.29, 1.82) is 0 Å². The van der Waals surface area contributed by atoms with Crippen molar-refractivity contribution in [2.24, 2.45) is 5.92 Å². The number of thiazole rings is 1. The third-order valence-electron chi connectivity index (χ3n) is 3.97. The van der Waals surface area contributed by atoms with E-state index in [1.165, 1.54) is 29.5 Å². The van der Waals surface area contributed by atoms with E-state index in [4.69, 9.17) is 4.74 Å². The third-order valence-corrected chi connectivity index (χ3v) is 4.84. The normalized spacial score (nSPS) is 11.0. The lowest BCUT2D eigenvalue weighted by atomic mass is 10.2. The van der Waals surface area contributed by atoms with Crippen LogP contribution in [0.2, 0.25) is 0 Å². The molecule has 0 unspecified atom stereocenters. The van der Waals surface area contributed by atoms with Gasteiger partial charge >= 0.3 is 0 Å². The number of nitrogens with one attached hydrogen (secondary N) is 1. The molecule has 0 saturated carbocycles. The smallest absolute Gasteiger partial charge is 0.270 e. The van der Waals surface area contributed by atoms with E-state index in [2.05, 4.69) is 10.3 Å². The number of hydrogen-bond donors (Lipinski definition) is 1. The fourth-order valence-corrected chi connectivity index (χ4v) is 3.27.